The van der Waals surface area contributed by atoms with E-state index in [9.17, 15) is 9.59 Å². The number of amides is 2. The predicted molar refractivity (Wildman–Crippen MR) is 116 cm³/mol. The second kappa shape index (κ2) is 10.3. The molecule has 2 N–H and O–H groups in total. The molecule has 2 rings (SSSR count). The lowest BCUT2D eigenvalue weighted by atomic mass is 10.1. The van der Waals surface area contributed by atoms with Gasteiger partial charge < -0.3 is 19.9 Å². The monoisotopic (exact) mass is 418 g/mol. The van der Waals surface area contributed by atoms with Crippen molar-refractivity contribution in [3.8, 4) is 5.75 Å². The largest absolute Gasteiger partial charge is 0.496 e. The number of carbonyl (C=O) groups is 2. The van der Waals surface area contributed by atoms with E-state index in [0.29, 0.717) is 11.6 Å². The van der Waals surface area contributed by atoms with Gasteiger partial charge in [-0.25, -0.2) is 0 Å². The summed E-state index contributed by atoms with van der Waals surface area (Å²) in [5.41, 5.74) is 3.75. The van der Waals surface area contributed by atoms with Gasteiger partial charge in [0.05, 0.1) is 20.7 Å². The second-order valence-electron chi connectivity index (χ2n) is 7.38. The Hall–Kier alpha value is -2.57. The highest BCUT2D eigenvalue weighted by molar-refractivity contribution is 6.30. The molecule has 0 saturated heterocycles. The molecule has 7 heteroatoms. The van der Waals surface area contributed by atoms with E-state index in [1.54, 1.807) is 20.2 Å². The molecule has 0 saturated carbocycles. The van der Waals surface area contributed by atoms with Crippen LogP contribution in [0, 0.1) is 13.8 Å². The molecule has 6 nitrogen and oxygen atoms in total. The van der Waals surface area contributed by atoms with Crippen LogP contribution in [0.25, 0.3) is 0 Å². The quantitative estimate of drug-likeness (QED) is 0.690. The first kappa shape index (κ1) is 22.7. The Kier molecular flexibility index (Phi) is 8.05. The van der Waals surface area contributed by atoms with Gasteiger partial charge in [-0.1, -0.05) is 23.7 Å². The molecule has 2 aromatic carbocycles. The Labute approximate surface area is 177 Å². The lowest BCUT2D eigenvalue weighted by molar-refractivity contribution is -0.885. The summed E-state index contributed by atoms with van der Waals surface area (Å²) < 4.78 is 5.36. The van der Waals surface area contributed by atoms with E-state index in [0.717, 1.165) is 33.0 Å². The third-order valence-corrected chi connectivity index (χ3v) is 4.90. The van der Waals surface area contributed by atoms with E-state index >= 15 is 0 Å². The summed E-state index contributed by atoms with van der Waals surface area (Å²) in [6.07, 6.45) is 0. The van der Waals surface area contributed by atoms with Crippen molar-refractivity contribution in [2.24, 2.45) is 0 Å². The van der Waals surface area contributed by atoms with Crippen molar-refractivity contribution >= 4 is 29.1 Å². The normalized spacial score (nSPS) is 11.7. The van der Waals surface area contributed by atoms with E-state index < -0.39 is 0 Å². The lowest BCUT2D eigenvalue weighted by Gasteiger charge is -2.20. The number of nitrogens with zero attached hydrogens (tertiary/aromatic N) is 1. The van der Waals surface area contributed by atoms with Crippen LogP contribution < -0.4 is 15.0 Å². The molecular weight excluding hydrogens is 390 g/mol. The highest BCUT2D eigenvalue weighted by Crippen LogP contribution is 2.21. The summed E-state index contributed by atoms with van der Waals surface area (Å²) in [5.74, 6) is 0.408. The number of aryl methyl sites for hydroxylation is 2. The summed E-state index contributed by atoms with van der Waals surface area (Å²) in [4.78, 5) is 27.3. The van der Waals surface area contributed by atoms with Crippen LogP contribution in [0.2, 0.25) is 5.02 Å². The Balaban J connectivity index is 1.90. The van der Waals surface area contributed by atoms with Gasteiger partial charge in [-0.3, -0.25) is 9.59 Å². The second-order valence-corrected chi connectivity index (χ2v) is 7.82. The van der Waals surface area contributed by atoms with Crippen molar-refractivity contribution in [3.05, 3.63) is 58.1 Å². The molecule has 0 heterocycles. The summed E-state index contributed by atoms with van der Waals surface area (Å²) >= 11 is 6.07. The number of quaternary nitrogens is 1. The number of likely N-dealkylation sites (N-methyl/N-ethyl adjacent to an activating group) is 2. The van der Waals surface area contributed by atoms with Crippen LogP contribution in [0.4, 0.5) is 5.69 Å². The molecule has 0 aliphatic heterocycles. The van der Waals surface area contributed by atoms with Crippen LogP contribution in [0.1, 0.15) is 16.7 Å². The van der Waals surface area contributed by atoms with Crippen LogP contribution in [0.3, 0.4) is 0 Å². The highest BCUT2D eigenvalue weighted by atomic mass is 35.5. The summed E-state index contributed by atoms with van der Waals surface area (Å²) in [7, 11) is 5.16. The minimum Gasteiger partial charge on any atom is -0.496 e. The van der Waals surface area contributed by atoms with Crippen LogP contribution in [0.15, 0.2) is 36.4 Å². The maximum atomic E-state index is 12.5. The standard InChI is InChI=1S/C22H28ClN3O3/c1-15-6-7-16(2)19(10-15)24-21(27)13-26(4)22(28)14-25(3)12-17-11-18(23)8-9-20(17)29-5/h6-11H,12-14H2,1-5H3,(H,24,27)/p+1. The summed E-state index contributed by atoms with van der Waals surface area (Å²) in [5, 5.41) is 3.51. The van der Waals surface area contributed by atoms with E-state index in [4.69, 9.17) is 16.3 Å². The fraction of sp³-hybridized carbons (Fsp3) is 0.364. The summed E-state index contributed by atoms with van der Waals surface area (Å²) in [6, 6.07) is 11.3. The number of methoxy groups -OCH3 is 1. The average Bonchev–Trinajstić information content (AvgIpc) is 2.64. The number of ether oxygens (including phenoxy) is 1. The fourth-order valence-electron chi connectivity index (χ4n) is 3.03. The van der Waals surface area contributed by atoms with Gasteiger partial charge in [-0.15, -0.1) is 0 Å². The van der Waals surface area contributed by atoms with E-state index in [2.05, 4.69) is 5.32 Å². The van der Waals surface area contributed by atoms with Gasteiger partial charge in [-0.05, 0) is 49.2 Å². The fourth-order valence-corrected chi connectivity index (χ4v) is 3.22. The van der Waals surface area contributed by atoms with Gasteiger partial charge in [0.25, 0.3) is 5.91 Å². The van der Waals surface area contributed by atoms with E-state index in [1.165, 1.54) is 4.90 Å². The summed E-state index contributed by atoms with van der Waals surface area (Å²) in [6.45, 7) is 4.74. The smallest absolute Gasteiger partial charge is 0.277 e. The van der Waals surface area contributed by atoms with Crippen LogP contribution in [0.5, 0.6) is 5.75 Å². The molecule has 2 aromatic rings. The van der Waals surface area contributed by atoms with E-state index in [1.807, 2.05) is 51.2 Å². The molecule has 0 aromatic heterocycles. The number of anilines is 1. The van der Waals surface area contributed by atoms with Gasteiger partial charge in [0.2, 0.25) is 5.91 Å². The molecule has 0 bridgehead atoms. The van der Waals surface area contributed by atoms with Crippen molar-refractivity contribution in [1.82, 2.24) is 4.90 Å². The number of hydrogen-bond donors (Lipinski definition) is 2. The Morgan fingerprint density at radius 1 is 1.17 bits per heavy atom. The molecule has 156 valence electrons. The predicted octanol–water partition coefficient (Wildman–Crippen LogP) is 2.08. The molecule has 2 amide bonds. The zero-order chi connectivity index (χ0) is 21.6. The first-order chi connectivity index (χ1) is 13.7. The third-order valence-electron chi connectivity index (χ3n) is 4.66. The molecular formula is C22H29ClN3O3+. The zero-order valence-electron chi connectivity index (χ0n) is 17.6. The molecule has 1 atom stereocenters. The Morgan fingerprint density at radius 2 is 1.90 bits per heavy atom. The van der Waals surface area contributed by atoms with Crippen LogP contribution in [-0.2, 0) is 16.1 Å². The first-order valence-corrected chi connectivity index (χ1v) is 9.82. The molecule has 29 heavy (non-hydrogen) atoms. The van der Waals surface area contributed by atoms with Crippen molar-refractivity contribution in [2.75, 3.05) is 39.6 Å². The number of hydrogen-bond acceptors (Lipinski definition) is 3. The van der Waals surface area contributed by atoms with Gasteiger partial charge in [0, 0.05) is 23.3 Å². The molecule has 1 unspecified atom stereocenters. The van der Waals surface area contributed by atoms with Crippen molar-refractivity contribution in [1.29, 1.82) is 0 Å². The third kappa shape index (κ3) is 6.76. The van der Waals surface area contributed by atoms with Gasteiger partial charge in [0.15, 0.2) is 6.54 Å². The molecule has 0 aliphatic carbocycles. The lowest BCUT2D eigenvalue weighted by Crippen LogP contribution is -3.08. The molecule has 0 fully saturated rings. The van der Waals surface area contributed by atoms with Crippen LogP contribution >= 0.6 is 11.6 Å². The minimum atomic E-state index is -0.219. The van der Waals surface area contributed by atoms with Gasteiger partial charge >= 0.3 is 0 Å². The number of rotatable bonds is 8. The number of halogens is 1. The number of nitrogens with one attached hydrogen (secondary N) is 2. The molecule has 0 radical (unpaired) electrons. The van der Waals surface area contributed by atoms with Crippen molar-refractivity contribution in [3.63, 3.8) is 0 Å². The highest BCUT2D eigenvalue weighted by Gasteiger charge is 2.19. The maximum absolute atomic E-state index is 12.5. The number of carbonyl (C=O) groups excluding carboxylic acids is 2. The minimum absolute atomic E-state index is 0.0000184. The van der Waals surface area contributed by atoms with Gasteiger partial charge in [-0.2, -0.15) is 0 Å². The zero-order valence-corrected chi connectivity index (χ0v) is 18.4. The van der Waals surface area contributed by atoms with Crippen molar-refractivity contribution < 1.29 is 19.2 Å². The van der Waals surface area contributed by atoms with E-state index in [-0.39, 0.29) is 24.9 Å². The first-order valence-electron chi connectivity index (χ1n) is 9.44. The van der Waals surface area contributed by atoms with Gasteiger partial charge in [0.1, 0.15) is 12.3 Å². The SMILES string of the molecule is COc1ccc(Cl)cc1C[NH+](C)CC(=O)N(C)CC(=O)Nc1cc(C)ccc1C. The Morgan fingerprint density at radius 3 is 2.59 bits per heavy atom. The number of benzene rings is 2. The van der Waals surface area contributed by atoms with Crippen molar-refractivity contribution in [2.45, 2.75) is 20.4 Å². The molecule has 0 spiro atoms. The Bertz CT molecular complexity index is 886. The molecule has 0 aliphatic rings. The topological polar surface area (TPSA) is 63.1 Å². The van der Waals surface area contributed by atoms with Crippen LogP contribution in [-0.4, -0.2) is 51.0 Å². The maximum Gasteiger partial charge on any atom is 0.277 e. The average molecular weight is 419 g/mol.